The Morgan fingerprint density at radius 1 is 1.69 bits per heavy atom. The van der Waals surface area contributed by atoms with Crippen molar-refractivity contribution in [2.75, 3.05) is 13.6 Å². The van der Waals surface area contributed by atoms with Gasteiger partial charge in [-0.15, -0.1) is 0 Å². The van der Waals surface area contributed by atoms with Crippen LogP contribution in [0.1, 0.15) is 12.5 Å². The number of hydrogen-bond acceptors (Lipinski definition) is 4. The minimum atomic E-state index is -0.450. The van der Waals surface area contributed by atoms with Crippen LogP contribution in [0.25, 0.3) is 0 Å². The summed E-state index contributed by atoms with van der Waals surface area (Å²) in [5, 5.41) is 10.6. The zero-order chi connectivity index (χ0) is 12.1. The normalized spacial score (nSPS) is 10.7. The summed E-state index contributed by atoms with van der Waals surface area (Å²) in [5.41, 5.74) is 0.578. The Hall–Kier alpha value is -1.98. The van der Waals surface area contributed by atoms with Crippen molar-refractivity contribution in [3.63, 3.8) is 0 Å². The second-order valence-electron chi connectivity index (χ2n) is 3.40. The van der Waals surface area contributed by atoms with E-state index in [1.165, 1.54) is 6.20 Å². The van der Waals surface area contributed by atoms with Crippen LogP contribution in [0.4, 0.5) is 11.5 Å². The lowest BCUT2D eigenvalue weighted by atomic mass is 10.2. The number of aliphatic imine (C=N–C) groups is 1. The van der Waals surface area contributed by atoms with Gasteiger partial charge in [-0.2, -0.15) is 0 Å². The first-order valence-electron chi connectivity index (χ1n) is 4.90. The fourth-order valence-electron chi connectivity index (χ4n) is 1.04. The monoisotopic (exact) mass is 222 g/mol. The predicted octanol–water partition coefficient (Wildman–Crippen LogP) is 1.91. The first-order chi connectivity index (χ1) is 7.54. The molecule has 0 aliphatic heterocycles. The summed E-state index contributed by atoms with van der Waals surface area (Å²) in [6.07, 6.45) is 2.88. The molecule has 0 fully saturated rings. The smallest absolute Gasteiger partial charge is 0.290 e. The standard InChI is InChI=1S/C10H14N4O2/c1-4-13(3)7-12-10-5-8(2)9(6-11-10)14(15)16/h5-7H,4H2,1-3H3. The number of aromatic nitrogens is 1. The first kappa shape index (κ1) is 12.1. The molecule has 0 aliphatic carbocycles. The molecule has 0 saturated carbocycles. The van der Waals surface area contributed by atoms with Crippen LogP contribution < -0.4 is 0 Å². The Morgan fingerprint density at radius 3 is 2.88 bits per heavy atom. The van der Waals surface area contributed by atoms with Gasteiger partial charge in [0.25, 0.3) is 5.69 Å². The van der Waals surface area contributed by atoms with Gasteiger partial charge in [-0.25, -0.2) is 9.98 Å². The van der Waals surface area contributed by atoms with E-state index in [-0.39, 0.29) is 5.69 Å². The molecular formula is C10H14N4O2. The molecule has 6 heteroatoms. The molecule has 1 rings (SSSR count). The van der Waals surface area contributed by atoms with E-state index in [0.717, 1.165) is 6.54 Å². The van der Waals surface area contributed by atoms with E-state index in [9.17, 15) is 10.1 Å². The summed E-state index contributed by atoms with van der Waals surface area (Å²) >= 11 is 0. The predicted molar refractivity (Wildman–Crippen MR) is 62.1 cm³/mol. The van der Waals surface area contributed by atoms with Gasteiger partial charge >= 0.3 is 0 Å². The maximum atomic E-state index is 10.6. The Kier molecular flexibility index (Phi) is 3.93. The van der Waals surface area contributed by atoms with Gasteiger partial charge in [0, 0.05) is 19.2 Å². The fraction of sp³-hybridized carbons (Fsp3) is 0.400. The molecule has 0 N–H and O–H groups in total. The summed E-state index contributed by atoms with van der Waals surface area (Å²) in [4.78, 5) is 20.0. The van der Waals surface area contributed by atoms with Crippen molar-refractivity contribution < 1.29 is 4.92 Å². The molecule has 0 unspecified atom stereocenters. The van der Waals surface area contributed by atoms with Gasteiger partial charge in [0.1, 0.15) is 6.20 Å². The van der Waals surface area contributed by atoms with Gasteiger partial charge in [-0.05, 0) is 19.9 Å². The minimum Gasteiger partial charge on any atom is -0.366 e. The third kappa shape index (κ3) is 3.01. The van der Waals surface area contributed by atoms with Gasteiger partial charge < -0.3 is 4.90 Å². The average molecular weight is 222 g/mol. The first-order valence-corrected chi connectivity index (χ1v) is 4.90. The summed E-state index contributed by atoms with van der Waals surface area (Å²) in [7, 11) is 1.89. The van der Waals surface area contributed by atoms with Crippen LogP contribution in [0.3, 0.4) is 0 Å². The van der Waals surface area contributed by atoms with Gasteiger partial charge in [0.15, 0.2) is 5.82 Å². The highest BCUT2D eigenvalue weighted by Crippen LogP contribution is 2.19. The van der Waals surface area contributed by atoms with E-state index in [4.69, 9.17) is 0 Å². The zero-order valence-electron chi connectivity index (χ0n) is 9.54. The lowest BCUT2D eigenvalue weighted by Crippen LogP contribution is -2.14. The molecule has 0 atom stereocenters. The third-order valence-corrected chi connectivity index (χ3v) is 2.15. The largest absolute Gasteiger partial charge is 0.366 e. The number of nitro groups is 1. The maximum absolute atomic E-state index is 10.6. The molecule has 0 spiro atoms. The van der Waals surface area contributed by atoms with E-state index in [0.29, 0.717) is 11.4 Å². The molecule has 0 bridgehead atoms. The topological polar surface area (TPSA) is 71.6 Å². The van der Waals surface area contributed by atoms with E-state index < -0.39 is 4.92 Å². The average Bonchev–Trinajstić information content (AvgIpc) is 2.25. The molecular weight excluding hydrogens is 208 g/mol. The zero-order valence-corrected chi connectivity index (χ0v) is 9.54. The Labute approximate surface area is 93.8 Å². The molecule has 0 aromatic carbocycles. The van der Waals surface area contributed by atoms with Crippen LogP contribution in [-0.2, 0) is 0 Å². The van der Waals surface area contributed by atoms with Gasteiger partial charge in [0.2, 0.25) is 0 Å². The summed E-state index contributed by atoms with van der Waals surface area (Å²) in [6.45, 7) is 4.51. The molecule has 1 aromatic rings. The molecule has 0 saturated heterocycles. The summed E-state index contributed by atoms with van der Waals surface area (Å²) < 4.78 is 0. The van der Waals surface area contributed by atoms with Crippen molar-refractivity contribution in [1.29, 1.82) is 0 Å². The summed E-state index contributed by atoms with van der Waals surface area (Å²) in [5.74, 6) is 0.475. The highest BCUT2D eigenvalue weighted by Gasteiger charge is 2.10. The number of rotatable bonds is 4. The molecule has 1 heterocycles. The molecule has 6 nitrogen and oxygen atoms in total. The summed E-state index contributed by atoms with van der Waals surface area (Å²) in [6, 6.07) is 1.60. The molecule has 16 heavy (non-hydrogen) atoms. The van der Waals surface area contributed by atoms with E-state index in [2.05, 4.69) is 9.98 Å². The second kappa shape index (κ2) is 5.20. The Morgan fingerprint density at radius 2 is 2.38 bits per heavy atom. The van der Waals surface area contributed by atoms with Crippen LogP contribution in [0, 0.1) is 17.0 Å². The minimum absolute atomic E-state index is 0.0165. The highest BCUT2D eigenvalue weighted by molar-refractivity contribution is 5.60. The van der Waals surface area contributed by atoms with Crippen LogP contribution in [0.5, 0.6) is 0 Å². The molecule has 0 radical (unpaired) electrons. The Balaban J connectivity index is 2.89. The van der Waals surface area contributed by atoms with Gasteiger partial charge in [-0.3, -0.25) is 10.1 Å². The molecule has 0 aliphatic rings. The lowest BCUT2D eigenvalue weighted by Gasteiger charge is -2.07. The lowest BCUT2D eigenvalue weighted by molar-refractivity contribution is -0.385. The van der Waals surface area contributed by atoms with Crippen molar-refractivity contribution in [1.82, 2.24) is 9.88 Å². The Bertz CT molecular complexity index is 417. The number of aryl methyl sites for hydroxylation is 1. The SMILES string of the molecule is CCN(C)C=Nc1cc(C)c([N+](=O)[O-])cn1. The van der Waals surface area contributed by atoms with Crippen molar-refractivity contribution in [2.45, 2.75) is 13.8 Å². The molecule has 86 valence electrons. The number of pyridine rings is 1. The van der Waals surface area contributed by atoms with E-state index >= 15 is 0 Å². The van der Waals surface area contributed by atoms with Crippen molar-refractivity contribution in [2.24, 2.45) is 4.99 Å². The van der Waals surface area contributed by atoms with Crippen LogP contribution >= 0.6 is 0 Å². The van der Waals surface area contributed by atoms with Crippen molar-refractivity contribution >= 4 is 17.8 Å². The van der Waals surface area contributed by atoms with Crippen molar-refractivity contribution in [3.05, 3.63) is 27.9 Å². The van der Waals surface area contributed by atoms with E-state index in [1.807, 2.05) is 18.9 Å². The van der Waals surface area contributed by atoms with Gasteiger partial charge in [-0.1, -0.05) is 0 Å². The van der Waals surface area contributed by atoms with Crippen LogP contribution in [0.2, 0.25) is 0 Å². The van der Waals surface area contributed by atoms with E-state index in [1.54, 1.807) is 19.3 Å². The highest BCUT2D eigenvalue weighted by atomic mass is 16.6. The van der Waals surface area contributed by atoms with Crippen LogP contribution in [-0.4, -0.2) is 34.7 Å². The number of hydrogen-bond donors (Lipinski definition) is 0. The second-order valence-corrected chi connectivity index (χ2v) is 3.40. The number of nitrogens with zero attached hydrogens (tertiary/aromatic N) is 4. The fourth-order valence-corrected chi connectivity index (χ4v) is 1.04. The molecule has 1 aromatic heterocycles. The maximum Gasteiger partial charge on any atom is 0.290 e. The third-order valence-electron chi connectivity index (χ3n) is 2.15. The molecule has 0 amide bonds. The quantitative estimate of drug-likeness (QED) is 0.337. The van der Waals surface area contributed by atoms with Crippen molar-refractivity contribution in [3.8, 4) is 0 Å². The van der Waals surface area contributed by atoms with Gasteiger partial charge in [0.05, 0.1) is 11.3 Å². The van der Waals surface area contributed by atoms with Crippen LogP contribution in [0.15, 0.2) is 17.3 Å².